The summed E-state index contributed by atoms with van der Waals surface area (Å²) in [5.74, 6) is -0.887. The summed E-state index contributed by atoms with van der Waals surface area (Å²) in [5.41, 5.74) is 0. The molecule has 0 aromatic rings. The molecule has 0 spiro atoms. The number of carbonyl (C=O) groups excluding carboxylic acids is 2. The second-order valence-corrected chi connectivity index (χ2v) is 4.61. The zero-order valence-corrected chi connectivity index (χ0v) is 12.3. The molecule has 0 aliphatic rings. The Morgan fingerprint density at radius 2 is 1.43 bits per heavy atom. The molecule has 21 heavy (non-hydrogen) atoms. The van der Waals surface area contributed by atoms with Crippen molar-refractivity contribution in [3.8, 4) is 0 Å². The molecular weight excluding hydrogens is 282 g/mol. The lowest BCUT2D eigenvalue weighted by molar-refractivity contribution is -0.130. The first kappa shape index (κ1) is 19.7. The molecule has 0 heterocycles. The van der Waals surface area contributed by atoms with E-state index in [9.17, 15) is 30.0 Å². The van der Waals surface area contributed by atoms with E-state index >= 15 is 0 Å². The van der Waals surface area contributed by atoms with E-state index in [1.807, 2.05) is 0 Å². The van der Waals surface area contributed by atoms with Crippen molar-refractivity contribution in [1.29, 1.82) is 0 Å². The zero-order valence-electron chi connectivity index (χ0n) is 12.3. The van der Waals surface area contributed by atoms with Crippen LogP contribution in [-0.2, 0) is 9.59 Å². The first-order valence-electron chi connectivity index (χ1n) is 6.65. The Bertz CT molecular complexity index is 308. The van der Waals surface area contributed by atoms with Gasteiger partial charge in [0.05, 0.1) is 45.1 Å². The molecule has 6 N–H and O–H groups in total. The maximum atomic E-state index is 11.9. The van der Waals surface area contributed by atoms with Crippen LogP contribution in [0.1, 0.15) is 6.92 Å². The zero-order chi connectivity index (χ0) is 16.4. The molecule has 0 saturated carbocycles. The van der Waals surface area contributed by atoms with Gasteiger partial charge in [0.2, 0.25) is 11.8 Å². The van der Waals surface area contributed by atoms with Crippen LogP contribution in [0.2, 0.25) is 0 Å². The monoisotopic (exact) mass is 307 g/mol. The summed E-state index contributed by atoms with van der Waals surface area (Å²) in [7, 11) is 1.44. The molecule has 0 bridgehead atoms. The second kappa shape index (κ2) is 10.5. The molecule has 0 saturated heterocycles. The van der Waals surface area contributed by atoms with Crippen molar-refractivity contribution in [2.24, 2.45) is 0 Å². The number of nitrogens with one attached hydrogen (secondary N) is 2. The van der Waals surface area contributed by atoms with E-state index in [1.165, 1.54) is 18.9 Å². The Balaban J connectivity index is 4.80. The summed E-state index contributed by atoms with van der Waals surface area (Å²) in [4.78, 5) is 24.5. The van der Waals surface area contributed by atoms with Crippen LogP contribution in [0.5, 0.6) is 0 Å². The minimum atomic E-state index is -0.796. The SMILES string of the molecule is CNC(=O)C(C)NC(=O)CN(C(CO)CO)C(CO)CO. The first-order chi connectivity index (χ1) is 9.94. The molecule has 0 fully saturated rings. The number of aliphatic hydroxyl groups is 4. The molecule has 1 unspecified atom stereocenters. The van der Waals surface area contributed by atoms with Gasteiger partial charge in [-0.05, 0) is 6.92 Å². The third-order valence-corrected chi connectivity index (χ3v) is 3.12. The number of hydrogen-bond acceptors (Lipinski definition) is 7. The molecule has 0 aliphatic carbocycles. The summed E-state index contributed by atoms with van der Waals surface area (Å²) in [5, 5.41) is 41.6. The van der Waals surface area contributed by atoms with Gasteiger partial charge in [0, 0.05) is 7.05 Å². The van der Waals surface area contributed by atoms with E-state index in [2.05, 4.69) is 10.6 Å². The van der Waals surface area contributed by atoms with E-state index in [0.717, 1.165) is 0 Å². The molecule has 0 aromatic carbocycles. The smallest absolute Gasteiger partial charge is 0.242 e. The quantitative estimate of drug-likeness (QED) is 0.243. The predicted octanol–water partition coefficient (Wildman–Crippen LogP) is -3.75. The molecule has 0 rings (SSSR count). The van der Waals surface area contributed by atoms with Gasteiger partial charge in [0.1, 0.15) is 6.04 Å². The van der Waals surface area contributed by atoms with Crippen LogP contribution in [-0.4, -0.2) is 95.3 Å². The molecule has 2 amide bonds. The van der Waals surface area contributed by atoms with Gasteiger partial charge in [-0.25, -0.2) is 0 Å². The molecule has 0 aliphatic heterocycles. The van der Waals surface area contributed by atoms with Crippen molar-refractivity contribution in [3.63, 3.8) is 0 Å². The van der Waals surface area contributed by atoms with Gasteiger partial charge in [0.15, 0.2) is 0 Å². The molecule has 9 nitrogen and oxygen atoms in total. The van der Waals surface area contributed by atoms with Gasteiger partial charge in [-0.3, -0.25) is 14.5 Å². The lowest BCUT2D eigenvalue weighted by Gasteiger charge is -2.34. The third-order valence-electron chi connectivity index (χ3n) is 3.12. The summed E-state index contributed by atoms with van der Waals surface area (Å²) in [6.07, 6.45) is 0. The molecule has 0 radical (unpaired) electrons. The molecule has 0 aromatic heterocycles. The van der Waals surface area contributed by atoms with Gasteiger partial charge >= 0.3 is 0 Å². The minimum Gasteiger partial charge on any atom is -0.395 e. The summed E-state index contributed by atoms with van der Waals surface area (Å²) < 4.78 is 0. The fourth-order valence-electron chi connectivity index (χ4n) is 1.83. The molecule has 124 valence electrons. The normalized spacial score (nSPS) is 12.8. The Labute approximate surface area is 123 Å². The highest BCUT2D eigenvalue weighted by molar-refractivity contribution is 5.87. The highest BCUT2D eigenvalue weighted by atomic mass is 16.3. The maximum absolute atomic E-state index is 11.9. The third kappa shape index (κ3) is 6.36. The average Bonchev–Trinajstić information content (AvgIpc) is 2.48. The molecule has 9 heteroatoms. The minimum absolute atomic E-state index is 0.279. The maximum Gasteiger partial charge on any atom is 0.242 e. The van der Waals surface area contributed by atoms with E-state index in [4.69, 9.17) is 0 Å². The first-order valence-corrected chi connectivity index (χ1v) is 6.65. The number of aliphatic hydroxyl groups excluding tert-OH is 4. The van der Waals surface area contributed by atoms with Gasteiger partial charge < -0.3 is 31.1 Å². The fourth-order valence-corrected chi connectivity index (χ4v) is 1.83. The number of nitrogens with zero attached hydrogens (tertiary/aromatic N) is 1. The summed E-state index contributed by atoms with van der Waals surface area (Å²) >= 11 is 0. The largest absolute Gasteiger partial charge is 0.395 e. The second-order valence-electron chi connectivity index (χ2n) is 4.61. The van der Waals surface area contributed by atoms with Crippen LogP contribution in [0.15, 0.2) is 0 Å². The lowest BCUT2D eigenvalue weighted by atomic mass is 10.2. The van der Waals surface area contributed by atoms with Crippen molar-refractivity contribution < 1.29 is 30.0 Å². The van der Waals surface area contributed by atoms with Gasteiger partial charge in [-0.1, -0.05) is 0 Å². The number of carbonyl (C=O) groups is 2. The molecule has 1 atom stereocenters. The van der Waals surface area contributed by atoms with E-state index in [0.29, 0.717) is 0 Å². The van der Waals surface area contributed by atoms with E-state index in [-0.39, 0.29) is 12.5 Å². The standard InChI is InChI=1S/C12H25N3O6/c1-8(12(21)13-2)14-11(20)3-15(9(4-16)5-17)10(6-18)7-19/h8-10,16-19H,3-7H2,1-2H3,(H,13,21)(H,14,20). The van der Waals surface area contributed by atoms with Crippen molar-refractivity contribution in [2.75, 3.05) is 40.0 Å². The number of hydrogen-bond donors (Lipinski definition) is 6. The summed E-state index contributed by atoms with van der Waals surface area (Å²) in [6, 6.07) is -2.33. The van der Waals surface area contributed by atoms with Crippen LogP contribution < -0.4 is 10.6 Å². The highest BCUT2D eigenvalue weighted by Gasteiger charge is 2.27. The fraction of sp³-hybridized carbons (Fsp3) is 0.833. The Kier molecular flexibility index (Phi) is 9.84. The van der Waals surface area contributed by atoms with Crippen LogP contribution in [0.4, 0.5) is 0 Å². The Morgan fingerprint density at radius 1 is 1.00 bits per heavy atom. The van der Waals surface area contributed by atoms with E-state index < -0.39 is 50.5 Å². The summed E-state index contributed by atoms with van der Waals surface area (Å²) in [6.45, 7) is -0.530. The van der Waals surface area contributed by atoms with Crippen molar-refractivity contribution in [1.82, 2.24) is 15.5 Å². The highest BCUT2D eigenvalue weighted by Crippen LogP contribution is 2.05. The van der Waals surface area contributed by atoms with Crippen LogP contribution >= 0.6 is 0 Å². The molecular formula is C12H25N3O6. The van der Waals surface area contributed by atoms with E-state index in [1.54, 1.807) is 0 Å². The topological polar surface area (TPSA) is 142 Å². The number of amides is 2. The van der Waals surface area contributed by atoms with Crippen LogP contribution in [0, 0.1) is 0 Å². The Morgan fingerprint density at radius 3 is 1.76 bits per heavy atom. The predicted molar refractivity (Wildman–Crippen MR) is 74.3 cm³/mol. The van der Waals surface area contributed by atoms with Gasteiger partial charge in [-0.15, -0.1) is 0 Å². The number of rotatable bonds is 10. The van der Waals surface area contributed by atoms with Crippen LogP contribution in [0.25, 0.3) is 0 Å². The van der Waals surface area contributed by atoms with Crippen molar-refractivity contribution in [3.05, 3.63) is 0 Å². The number of likely N-dealkylation sites (N-methyl/N-ethyl adjacent to an activating group) is 1. The van der Waals surface area contributed by atoms with Crippen LogP contribution in [0.3, 0.4) is 0 Å². The lowest BCUT2D eigenvalue weighted by Crippen LogP contribution is -2.55. The van der Waals surface area contributed by atoms with Gasteiger partial charge in [0.25, 0.3) is 0 Å². The average molecular weight is 307 g/mol. The van der Waals surface area contributed by atoms with Gasteiger partial charge in [-0.2, -0.15) is 0 Å². The Hall–Kier alpha value is -1.26. The van der Waals surface area contributed by atoms with Crippen molar-refractivity contribution in [2.45, 2.75) is 25.0 Å². The van der Waals surface area contributed by atoms with Crippen molar-refractivity contribution >= 4 is 11.8 Å².